The molecule has 4 nitrogen and oxygen atoms in total. The molecule has 1 saturated carbocycles. The molecule has 1 fully saturated rings. The minimum Gasteiger partial charge on any atom is -0.456 e. The Labute approximate surface area is 124 Å². The van der Waals surface area contributed by atoms with Gasteiger partial charge >= 0.3 is 0 Å². The minimum atomic E-state index is 0.133. The van der Waals surface area contributed by atoms with Gasteiger partial charge in [0.2, 0.25) is 5.91 Å². The number of hydrogen-bond acceptors (Lipinski definition) is 3. The highest BCUT2D eigenvalue weighted by Gasteiger charge is 2.22. The van der Waals surface area contributed by atoms with Gasteiger partial charge in [-0.05, 0) is 49.2 Å². The molecule has 0 saturated heterocycles. The molecule has 1 aliphatic carbocycles. The van der Waals surface area contributed by atoms with Gasteiger partial charge in [0, 0.05) is 17.8 Å². The highest BCUT2D eigenvalue weighted by molar-refractivity contribution is 5.92. The highest BCUT2D eigenvalue weighted by Crippen LogP contribution is 2.27. The van der Waals surface area contributed by atoms with Crippen LogP contribution in [0.3, 0.4) is 0 Å². The normalized spacial score (nSPS) is 14.9. The first-order valence-electron chi connectivity index (χ1n) is 7.30. The third-order valence-electron chi connectivity index (χ3n) is 3.72. The summed E-state index contributed by atoms with van der Waals surface area (Å²) >= 11 is 0. The predicted molar refractivity (Wildman–Crippen MR) is 81.3 cm³/mol. The molecule has 4 heteroatoms. The van der Waals surface area contributed by atoms with Crippen LogP contribution >= 0.6 is 0 Å². The molecule has 0 bridgehead atoms. The molecule has 0 spiro atoms. The maximum Gasteiger partial charge on any atom is 0.227 e. The molecule has 0 atom stereocenters. The Morgan fingerprint density at radius 1 is 1.10 bits per heavy atom. The van der Waals surface area contributed by atoms with E-state index >= 15 is 0 Å². The third-order valence-corrected chi connectivity index (χ3v) is 3.72. The van der Waals surface area contributed by atoms with Gasteiger partial charge in [0.05, 0.1) is 6.20 Å². The summed E-state index contributed by atoms with van der Waals surface area (Å²) in [7, 11) is 0. The zero-order chi connectivity index (χ0) is 14.5. The van der Waals surface area contributed by atoms with Crippen LogP contribution in [0.15, 0.2) is 48.8 Å². The number of carbonyl (C=O) groups is 1. The highest BCUT2D eigenvalue weighted by atomic mass is 16.5. The molecule has 0 aliphatic heterocycles. The first kappa shape index (κ1) is 13.6. The van der Waals surface area contributed by atoms with E-state index in [0.717, 1.165) is 37.1 Å². The summed E-state index contributed by atoms with van der Waals surface area (Å²) in [6, 6.07) is 11.1. The number of pyridine rings is 1. The summed E-state index contributed by atoms with van der Waals surface area (Å²) in [6.45, 7) is 0. The van der Waals surface area contributed by atoms with Crippen molar-refractivity contribution in [3.05, 3.63) is 48.8 Å². The van der Waals surface area contributed by atoms with Gasteiger partial charge < -0.3 is 10.1 Å². The van der Waals surface area contributed by atoms with E-state index in [1.54, 1.807) is 12.4 Å². The quantitative estimate of drug-likeness (QED) is 0.922. The van der Waals surface area contributed by atoms with Crippen LogP contribution in [0.4, 0.5) is 5.69 Å². The number of anilines is 1. The number of hydrogen-bond donors (Lipinski definition) is 1. The molecule has 2 aromatic rings. The van der Waals surface area contributed by atoms with Crippen LogP contribution in [-0.2, 0) is 4.79 Å². The lowest BCUT2D eigenvalue weighted by Gasteiger charge is -2.11. The zero-order valence-corrected chi connectivity index (χ0v) is 11.8. The van der Waals surface area contributed by atoms with E-state index in [1.165, 1.54) is 0 Å². The van der Waals surface area contributed by atoms with Crippen molar-refractivity contribution in [3.8, 4) is 11.5 Å². The fraction of sp³-hybridized carbons (Fsp3) is 0.294. The molecule has 108 valence electrons. The molecular weight excluding hydrogens is 264 g/mol. The summed E-state index contributed by atoms with van der Waals surface area (Å²) in [5.41, 5.74) is 0.811. The number of rotatable bonds is 4. The largest absolute Gasteiger partial charge is 0.456 e. The van der Waals surface area contributed by atoms with Gasteiger partial charge in [0.25, 0.3) is 0 Å². The number of carbonyl (C=O) groups excluding carboxylic acids is 1. The van der Waals surface area contributed by atoms with E-state index in [-0.39, 0.29) is 11.8 Å². The van der Waals surface area contributed by atoms with Crippen LogP contribution in [0.5, 0.6) is 11.5 Å². The first-order valence-corrected chi connectivity index (χ1v) is 7.30. The number of amides is 1. The smallest absolute Gasteiger partial charge is 0.227 e. The fourth-order valence-electron chi connectivity index (χ4n) is 2.58. The van der Waals surface area contributed by atoms with Crippen molar-refractivity contribution in [1.82, 2.24) is 4.98 Å². The van der Waals surface area contributed by atoms with E-state index < -0.39 is 0 Å². The van der Waals surface area contributed by atoms with Crippen LogP contribution in [0, 0.1) is 5.92 Å². The SMILES string of the molecule is O=C(Nc1ccc(Oc2cccnc2)cc1)C1CCCC1. The predicted octanol–water partition coefficient (Wildman–Crippen LogP) is 4.00. The van der Waals surface area contributed by atoms with Gasteiger partial charge in [-0.3, -0.25) is 9.78 Å². The molecule has 1 aromatic heterocycles. The number of aromatic nitrogens is 1. The average molecular weight is 282 g/mol. The van der Waals surface area contributed by atoms with Crippen molar-refractivity contribution in [2.24, 2.45) is 5.92 Å². The standard InChI is InChI=1S/C17H18N2O2/c20-17(13-4-1-2-5-13)19-14-7-9-15(10-8-14)21-16-6-3-11-18-12-16/h3,6-13H,1-2,4-5H2,(H,19,20). The Morgan fingerprint density at radius 3 is 2.52 bits per heavy atom. The molecule has 1 aliphatic rings. The summed E-state index contributed by atoms with van der Waals surface area (Å²) in [4.78, 5) is 16.0. The summed E-state index contributed by atoms with van der Waals surface area (Å²) in [5.74, 6) is 1.73. The first-order chi connectivity index (χ1) is 10.3. The Kier molecular flexibility index (Phi) is 4.15. The molecule has 0 radical (unpaired) electrons. The molecule has 0 unspecified atom stereocenters. The van der Waals surface area contributed by atoms with Crippen molar-refractivity contribution in [2.75, 3.05) is 5.32 Å². The topological polar surface area (TPSA) is 51.2 Å². The number of nitrogens with one attached hydrogen (secondary N) is 1. The zero-order valence-electron chi connectivity index (χ0n) is 11.8. The van der Waals surface area contributed by atoms with Crippen molar-refractivity contribution in [2.45, 2.75) is 25.7 Å². The van der Waals surface area contributed by atoms with Crippen LogP contribution in [0.2, 0.25) is 0 Å². The summed E-state index contributed by atoms with van der Waals surface area (Å²) in [6.07, 6.45) is 7.71. The van der Waals surface area contributed by atoms with E-state index in [2.05, 4.69) is 10.3 Å². The Bertz CT molecular complexity index is 590. The monoisotopic (exact) mass is 282 g/mol. The Hall–Kier alpha value is -2.36. The van der Waals surface area contributed by atoms with Gasteiger partial charge in [0.15, 0.2) is 0 Å². The van der Waals surface area contributed by atoms with Gasteiger partial charge in [-0.2, -0.15) is 0 Å². The minimum absolute atomic E-state index is 0.133. The second-order valence-electron chi connectivity index (χ2n) is 5.29. The molecule has 1 N–H and O–H groups in total. The average Bonchev–Trinajstić information content (AvgIpc) is 3.05. The van der Waals surface area contributed by atoms with Crippen LogP contribution in [0.25, 0.3) is 0 Å². The van der Waals surface area contributed by atoms with E-state index in [0.29, 0.717) is 5.75 Å². The van der Waals surface area contributed by atoms with E-state index in [4.69, 9.17) is 4.74 Å². The van der Waals surface area contributed by atoms with Crippen molar-refractivity contribution in [1.29, 1.82) is 0 Å². The van der Waals surface area contributed by atoms with Gasteiger partial charge in [-0.1, -0.05) is 12.8 Å². The molecule has 1 aromatic carbocycles. The Balaban J connectivity index is 1.60. The summed E-state index contributed by atoms with van der Waals surface area (Å²) < 4.78 is 5.66. The lowest BCUT2D eigenvalue weighted by atomic mass is 10.1. The van der Waals surface area contributed by atoms with Crippen LogP contribution in [0.1, 0.15) is 25.7 Å². The Morgan fingerprint density at radius 2 is 1.86 bits per heavy atom. The van der Waals surface area contributed by atoms with Gasteiger partial charge in [0.1, 0.15) is 11.5 Å². The molecular formula is C17H18N2O2. The fourth-order valence-corrected chi connectivity index (χ4v) is 2.58. The second-order valence-corrected chi connectivity index (χ2v) is 5.29. The molecule has 1 heterocycles. The van der Waals surface area contributed by atoms with Crippen molar-refractivity contribution in [3.63, 3.8) is 0 Å². The summed E-state index contributed by atoms with van der Waals surface area (Å²) in [5, 5.41) is 2.97. The van der Waals surface area contributed by atoms with Gasteiger partial charge in [-0.25, -0.2) is 0 Å². The van der Waals surface area contributed by atoms with Crippen LogP contribution in [-0.4, -0.2) is 10.9 Å². The lowest BCUT2D eigenvalue weighted by Crippen LogP contribution is -2.20. The molecule has 21 heavy (non-hydrogen) atoms. The molecule has 1 amide bonds. The number of nitrogens with zero attached hydrogens (tertiary/aromatic N) is 1. The lowest BCUT2D eigenvalue weighted by molar-refractivity contribution is -0.119. The van der Waals surface area contributed by atoms with Crippen molar-refractivity contribution >= 4 is 11.6 Å². The van der Waals surface area contributed by atoms with Gasteiger partial charge in [-0.15, -0.1) is 0 Å². The molecule has 3 rings (SSSR count). The maximum atomic E-state index is 12.0. The number of ether oxygens (including phenoxy) is 1. The number of benzene rings is 1. The van der Waals surface area contributed by atoms with E-state index in [9.17, 15) is 4.79 Å². The maximum absolute atomic E-state index is 12.0. The van der Waals surface area contributed by atoms with Crippen molar-refractivity contribution < 1.29 is 9.53 Å². The van der Waals surface area contributed by atoms with E-state index in [1.807, 2.05) is 36.4 Å². The van der Waals surface area contributed by atoms with Crippen LogP contribution < -0.4 is 10.1 Å². The second kappa shape index (κ2) is 6.39. The third kappa shape index (κ3) is 3.60.